The first-order chi connectivity index (χ1) is 9.56. The van der Waals surface area contributed by atoms with Crippen molar-refractivity contribution in [3.63, 3.8) is 0 Å². The molecule has 2 aromatic carbocycles. The minimum atomic E-state index is -0.295. The first-order valence-corrected chi connectivity index (χ1v) is 6.88. The quantitative estimate of drug-likeness (QED) is 0.666. The number of aryl methyl sites for hydroxylation is 1. The molecule has 0 aliphatic heterocycles. The van der Waals surface area contributed by atoms with Crippen molar-refractivity contribution >= 4 is 23.2 Å². The number of halogens is 2. The lowest BCUT2D eigenvalue weighted by molar-refractivity contribution is 0.404. The standard InChI is InChI=1S/C15H16Cl2N2O/c1-9-3-6-14(20-2)12(7-9)15(19-18)11-8-10(16)4-5-13(11)17/h3-8,15,19H,18H2,1-2H3. The van der Waals surface area contributed by atoms with E-state index in [9.17, 15) is 0 Å². The molecule has 106 valence electrons. The van der Waals surface area contributed by atoms with E-state index in [1.54, 1.807) is 25.3 Å². The summed E-state index contributed by atoms with van der Waals surface area (Å²) in [7, 11) is 1.63. The molecule has 0 saturated carbocycles. The van der Waals surface area contributed by atoms with Crippen LogP contribution in [0.3, 0.4) is 0 Å². The molecule has 1 unspecified atom stereocenters. The van der Waals surface area contributed by atoms with Crippen molar-refractivity contribution < 1.29 is 4.74 Å². The number of rotatable bonds is 4. The maximum Gasteiger partial charge on any atom is 0.124 e. The number of methoxy groups -OCH3 is 1. The van der Waals surface area contributed by atoms with Gasteiger partial charge in [0.2, 0.25) is 0 Å². The molecule has 5 heteroatoms. The van der Waals surface area contributed by atoms with Gasteiger partial charge in [0.1, 0.15) is 5.75 Å². The van der Waals surface area contributed by atoms with Crippen LogP contribution in [0.1, 0.15) is 22.7 Å². The highest BCUT2D eigenvalue weighted by molar-refractivity contribution is 6.33. The van der Waals surface area contributed by atoms with Crippen LogP contribution in [0, 0.1) is 6.92 Å². The highest BCUT2D eigenvalue weighted by atomic mass is 35.5. The fraction of sp³-hybridized carbons (Fsp3) is 0.200. The second-order valence-electron chi connectivity index (χ2n) is 4.51. The predicted molar refractivity (Wildman–Crippen MR) is 83.4 cm³/mol. The van der Waals surface area contributed by atoms with Crippen molar-refractivity contribution in [2.24, 2.45) is 5.84 Å². The van der Waals surface area contributed by atoms with E-state index >= 15 is 0 Å². The first kappa shape index (κ1) is 15.1. The third kappa shape index (κ3) is 3.07. The molecule has 0 fully saturated rings. The lowest BCUT2D eigenvalue weighted by Crippen LogP contribution is -2.29. The van der Waals surface area contributed by atoms with Crippen molar-refractivity contribution in [3.8, 4) is 5.75 Å². The Morgan fingerprint density at radius 2 is 1.85 bits per heavy atom. The summed E-state index contributed by atoms with van der Waals surface area (Å²) in [5.74, 6) is 6.47. The van der Waals surface area contributed by atoms with Crippen LogP contribution in [0.4, 0.5) is 0 Å². The van der Waals surface area contributed by atoms with Gasteiger partial charge >= 0.3 is 0 Å². The Balaban J connectivity index is 2.57. The minimum Gasteiger partial charge on any atom is -0.496 e. The molecule has 0 aliphatic carbocycles. The summed E-state index contributed by atoms with van der Waals surface area (Å²) in [5.41, 5.74) is 5.62. The van der Waals surface area contributed by atoms with E-state index in [0.717, 1.165) is 22.4 Å². The van der Waals surface area contributed by atoms with Crippen molar-refractivity contribution in [2.75, 3.05) is 7.11 Å². The van der Waals surface area contributed by atoms with E-state index in [1.807, 2.05) is 25.1 Å². The maximum atomic E-state index is 6.26. The van der Waals surface area contributed by atoms with E-state index in [2.05, 4.69) is 5.43 Å². The number of nitrogens with two attached hydrogens (primary N) is 1. The average Bonchev–Trinajstić information content (AvgIpc) is 2.44. The molecule has 3 nitrogen and oxygen atoms in total. The number of benzene rings is 2. The van der Waals surface area contributed by atoms with Gasteiger partial charge in [-0.25, -0.2) is 5.43 Å². The highest BCUT2D eigenvalue weighted by Gasteiger charge is 2.20. The second-order valence-corrected chi connectivity index (χ2v) is 5.35. The molecular weight excluding hydrogens is 295 g/mol. The summed E-state index contributed by atoms with van der Waals surface area (Å²) < 4.78 is 5.40. The summed E-state index contributed by atoms with van der Waals surface area (Å²) >= 11 is 12.3. The van der Waals surface area contributed by atoms with E-state index < -0.39 is 0 Å². The maximum absolute atomic E-state index is 6.26. The fourth-order valence-corrected chi connectivity index (χ4v) is 2.57. The molecule has 0 spiro atoms. The number of ether oxygens (including phenoxy) is 1. The van der Waals surface area contributed by atoms with E-state index in [0.29, 0.717) is 10.0 Å². The average molecular weight is 311 g/mol. The van der Waals surface area contributed by atoms with Crippen LogP contribution in [-0.2, 0) is 0 Å². The molecule has 0 bridgehead atoms. The van der Waals surface area contributed by atoms with E-state index in [-0.39, 0.29) is 6.04 Å². The van der Waals surface area contributed by atoms with Crippen molar-refractivity contribution in [3.05, 3.63) is 63.1 Å². The summed E-state index contributed by atoms with van der Waals surface area (Å²) in [6, 6.07) is 10.9. The Bertz CT molecular complexity index is 617. The second kappa shape index (κ2) is 6.46. The minimum absolute atomic E-state index is 0.295. The lowest BCUT2D eigenvalue weighted by Gasteiger charge is -2.21. The lowest BCUT2D eigenvalue weighted by atomic mass is 9.97. The molecule has 2 aromatic rings. The Kier molecular flexibility index (Phi) is 4.89. The zero-order chi connectivity index (χ0) is 14.7. The SMILES string of the molecule is COc1ccc(C)cc1C(NN)c1cc(Cl)ccc1Cl. The molecule has 0 heterocycles. The van der Waals surface area contributed by atoms with Crippen LogP contribution in [0.5, 0.6) is 5.75 Å². The largest absolute Gasteiger partial charge is 0.496 e. The zero-order valence-corrected chi connectivity index (χ0v) is 12.8. The Hall–Kier alpha value is -1.26. The molecule has 0 amide bonds. The molecule has 3 N–H and O–H groups in total. The van der Waals surface area contributed by atoms with Gasteiger partial charge in [-0.15, -0.1) is 0 Å². The molecule has 1 atom stereocenters. The number of nitrogens with one attached hydrogen (secondary N) is 1. The topological polar surface area (TPSA) is 47.3 Å². The number of hydrazine groups is 1. The molecular formula is C15H16Cl2N2O. The number of hydrogen-bond donors (Lipinski definition) is 2. The third-order valence-electron chi connectivity index (χ3n) is 3.13. The van der Waals surface area contributed by atoms with Gasteiger partial charge in [-0.1, -0.05) is 40.9 Å². The zero-order valence-electron chi connectivity index (χ0n) is 11.3. The van der Waals surface area contributed by atoms with Gasteiger partial charge in [0.25, 0.3) is 0 Å². The number of hydrogen-bond acceptors (Lipinski definition) is 3. The third-order valence-corrected chi connectivity index (χ3v) is 3.71. The van der Waals surface area contributed by atoms with Crippen molar-refractivity contribution in [1.82, 2.24) is 5.43 Å². The molecule has 20 heavy (non-hydrogen) atoms. The molecule has 0 aliphatic rings. The monoisotopic (exact) mass is 310 g/mol. The smallest absolute Gasteiger partial charge is 0.124 e. The van der Waals surface area contributed by atoms with Crippen LogP contribution in [-0.4, -0.2) is 7.11 Å². The van der Waals surface area contributed by atoms with Crippen LogP contribution < -0.4 is 16.0 Å². The van der Waals surface area contributed by atoms with Crippen LogP contribution >= 0.6 is 23.2 Å². The fourth-order valence-electron chi connectivity index (χ4n) is 2.16. The van der Waals surface area contributed by atoms with Gasteiger partial charge in [-0.05, 0) is 36.8 Å². The summed E-state index contributed by atoms with van der Waals surface area (Å²) in [5, 5.41) is 1.21. The summed E-state index contributed by atoms with van der Waals surface area (Å²) in [4.78, 5) is 0. The molecule has 0 saturated heterocycles. The van der Waals surface area contributed by atoms with Gasteiger partial charge < -0.3 is 4.74 Å². The summed E-state index contributed by atoms with van der Waals surface area (Å²) in [6.07, 6.45) is 0. The van der Waals surface area contributed by atoms with Gasteiger partial charge in [-0.3, -0.25) is 5.84 Å². The Labute approximate surface area is 128 Å². The molecule has 0 aromatic heterocycles. The van der Waals surface area contributed by atoms with Crippen LogP contribution in [0.15, 0.2) is 36.4 Å². The van der Waals surface area contributed by atoms with Crippen molar-refractivity contribution in [2.45, 2.75) is 13.0 Å². The first-order valence-electron chi connectivity index (χ1n) is 6.12. The Morgan fingerprint density at radius 1 is 1.10 bits per heavy atom. The normalized spacial score (nSPS) is 12.2. The van der Waals surface area contributed by atoms with Gasteiger partial charge in [0, 0.05) is 15.6 Å². The molecule has 2 rings (SSSR count). The predicted octanol–water partition coefficient (Wildman–Crippen LogP) is 3.86. The van der Waals surface area contributed by atoms with Gasteiger partial charge in [0.05, 0.1) is 13.2 Å². The van der Waals surface area contributed by atoms with Crippen LogP contribution in [0.25, 0.3) is 0 Å². The van der Waals surface area contributed by atoms with Gasteiger partial charge in [0.15, 0.2) is 0 Å². The van der Waals surface area contributed by atoms with Crippen LogP contribution in [0.2, 0.25) is 10.0 Å². The van der Waals surface area contributed by atoms with Crippen molar-refractivity contribution in [1.29, 1.82) is 0 Å². The highest BCUT2D eigenvalue weighted by Crippen LogP contribution is 2.35. The van der Waals surface area contributed by atoms with E-state index in [4.69, 9.17) is 33.8 Å². The van der Waals surface area contributed by atoms with E-state index in [1.165, 1.54) is 0 Å². The van der Waals surface area contributed by atoms with Gasteiger partial charge in [-0.2, -0.15) is 0 Å². The molecule has 0 radical (unpaired) electrons. The summed E-state index contributed by atoms with van der Waals surface area (Å²) in [6.45, 7) is 2.01. The Morgan fingerprint density at radius 3 is 2.50 bits per heavy atom.